The molecule has 2 rings (SSSR count). The standard InChI is InChI=1S/C9H7ClN2O2S/c1-12-4-11-7(9(13)14)8(12)5-2-3-6(10)15-5/h2-4H,1H3,(H,13,14). The second-order valence-corrected chi connectivity index (χ2v) is 4.68. The van der Waals surface area contributed by atoms with Gasteiger partial charge in [0.05, 0.1) is 21.2 Å². The molecule has 0 unspecified atom stereocenters. The van der Waals surface area contributed by atoms with Crippen molar-refractivity contribution in [2.45, 2.75) is 0 Å². The van der Waals surface area contributed by atoms with Crippen LogP contribution in [0.4, 0.5) is 0 Å². The molecule has 2 heterocycles. The van der Waals surface area contributed by atoms with Gasteiger partial charge in [-0.1, -0.05) is 11.6 Å². The molecule has 0 fully saturated rings. The second kappa shape index (κ2) is 3.67. The minimum Gasteiger partial charge on any atom is -0.476 e. The molecule has 2 aromatic heterocycles. The van der Waals surface area contributed by atoms with Crippen LogP contribution in [-0.4, -0.2) is 20.6 Å². The number of halogens is 1. The molecule has 0 aliphatic heterocycles. The highest BCUT2D eigenvalue weighted by molar-refractivity contribution is 7.19. The molecule has 0 amide bonds. The van der Waals surface area contributed by atoms with E-state index in [-0.39, 0.29) is 5.69 Å². The van der Waals surface area contributed by atoms with E-state index in [9.17, 15) is 4.79 Å². The van der Waals surface area contributed by atoms with Crippen LogP contribution in [-0.2, 0) is 7.05 Å². The van der Waals surface area contributed by atoms with Gasteiger partial charge >= 0.3 is 5.97 Å². The van der Waals surface area contributed by atoms with Gasteiger partial charge in [-0.15, -0.1) is 11.3 Å². The maximum Gasteiger partial charge on any atom is 0.356 e. The third kappa shape index (κ3) is 1.75. The van der Waals surface area contributed by atoms with Gasteiger partial charge in [-0.3, -0.25) is 0 Å². The predicted octanol–water partition coefficient (Wildman–Crippen LogP) is 2.50. The van der Waals surface area contributed by atoms with E-state index in [1.54, 1.807) is 23.7 Å². The van der Waals surface area contributed by atoms with Crippen molar-refractivity contribution in [2.75, 3.05) is 0 Å². The number of aryl methyl sites for hydroxylation is 1. The van der Waals surface area contributed by atoms with Crippen LogP contribution in [0.2, 0.25) is 4.34 Å². The number of thiophene rings is 1. The topological polar surface area (TPSA) is 55.1 Å². The van der Waals surface area contributed by atoms with Crippen molar-refractivity contribution in [3.05, 3.63) is 28.5 Å². The molecular formula is C9H7ClN2O2S. The summed E-state index contributed by atoms with van der Waals surface area (Å²) in [5.74, 6) is -1.03. The van der Waals surface area contributed by atoms with Crippen LogP contribution in [0.5, 0.6) is 0 Å². The van der Waals surface area contributed by atoms with Crippen molar-refractivity contribution in [3.8, 4) is 10.6 Å². The molecule has 0 atom stereocenters. The first-order valence-corrected chi connectivity index (χ1v) is 5.29. The molecule has 0 aromatic carbocycles. The number of carboxylic acids is 1. The summed E-state index contributed by atoms with van der Waals surface area (Å²) in [4.78, 5) is 15.5. The van der Waals surface area contributed by atoms with Gasteiger partial charge in [-0.05, 0) is 12.1 Å². The first-order chi connectivity index (χ1) is 7.09. The highest BCUT2D eigenvalue weighted by Gasteiger charge is 2.18. The van der Waals surface area contributed by atoms with E-state index in [2.05, 4.69) is 4.98 Å². The molecule has 0 spiro atoms. The van der Waals surface area contributed by atoms with Gasteiger partial charge in [0.1, 0.15) is 0 Å². The highest BCUT2D eigenvalue weighted by atomic mass is 35.5. The zero-order chi connectivity index (χ0) is 11.0. The summed E-state index contributed by atoms with van der Waals surface area (Å²) in [5.41, 5.74) is 0.635. The summed E-state index contributed by atoms with van der Waals surface area (Å²) in [6.07, 6.45) is 1.48. The third-order valence-corrected chi connectivity index (χ3v) is 3.18. The van der Waals surface area contributed by atoms with E-state index in [0.29, 0.717) is 10.0 Å². The van der Waals surface area contributed by atoms with Crippen LogP contribution in [0, 0.1) is 0 Å². The normalized spacial score (nSPS) is 10.5. The van der Waals surface area contributed by atoms with Crippen LogP contribution >= 0.6 is 22.9 Å². The van der Waals surface area contributed by atoms with Crippen LogP contribution in [0.15, 0.2) is 18.5 Å². The molecule has 0 aliphatic carbocycles. The summed E-state index contributed by atoms with van der Waals surface area (Å²) in [6.45, 7) is 0. The van der Waals surface area contributed by atoms with E-state index in [1.807, 2.05) is 0 Å². The molecular weight excluding hydrogens is 236 g/mol. The minimum absolute atomic E-state index is 0.0519. The summed E-state index contributed by atoms with van der Waals surface area (Å²) < 4.78 is 2.30. The fourth-order valence-electron chi connectivity index (χ4n) is 1.32. The lowest BCUT2D eigenvalue weighted by molar-refractivity contribution is 0.0692. The first-order valence-electron chi connectivity index (χ1n) is 4.10. The van der Waals surface area contributed by atoms with Gasteiger partial charge in [0, 0.05) is 7.05 Å². The van der Waals surface area contributed by atoms with Crippen molar-refractivity contribution >= 4 is 28.9 Å². The Morgan fingerprint density at radius 3 is 2.87 bits per heavy atom. The van der Waals surface area contributed by atoms with Gasteiger partial charge in [-0.25, -0.2) is 9.78 Å². The van der Waals surface area contributed by atoms with E-state index in [0.717, 1.165) is 4.88 Å². The molecule has 15 heavy (non-hydrogen) atoms. The number of hydrogen-bond acceptors (Lipinski definition) is 3. The Labute approximate surface area is 94.8 Å². The Hall–Kier alpha value is -1.33. The third-order valence-electron chi connectivity index (χ3n) is 1.95. The number of carboxylic acid groups (broad SMARTS) is 1. The zero-order valence-corrected chi connectivity index (χ0v) is 9.34. The second-order valence-electron chi connectivity index (χ2n) is 2.96. The van der Waals surface area contributed by atoms with Gasteiger partial charge in [0.2, 0.25) is 0 Å². The summed E-state index contributed by atoms with van der Waals surface area (Å²) in [5, 5.41) is 8.94. The summed E-state index contributed by atoms with van der Waals surface area (Å²) in [7, 11) is 1.75. The number of nitrogens with zero attached hydrogens (tertiary/aromatic N) is 2. The van der Waals surface area contributed by atoms with Crippen LogP contribution in [0.3, 0.4) is 0 Å². The monoisotopic (exact) mass is 242 g/mol. The van der Waals surface area contributed by atoms with Gasteiger partial charge < -0.3 is 9.67 Å². The molecule has 0 saturated heterocycles. The molecule has 1 N–H and O–H groups in total. The number of aromatic nitrogens is 2. The molecule has 0 radical (unpaired) electrons. The number of hydrogen-bond donors (Lipinski definition) is 1. The van der Waals surface area contributed by atoms with Crippen molar-refractivity contribution < 1.29 is 9.90 Å². The average Bonchev–Trinajstić information content (AvgIpc) is 2.71. The van der Waals surface area contributed by atoms with Gasteiger partial charge in [0.25, 0.3) is 0 Å². The minimum atomic E-state index is -1.03. The van der Waals surface area contributed by atoms with Crippen molar-refractivity contribution in [2.24, 2.45) is 7.05 Å². The average molecular weight is 243 g/mol. The quantitative estimate of drug-likeness (QED) is 0.880. The molecule has 4 nitrogen and oxygen atoms in total. The molecule has 6 heteroatoms. The molecule has 78 valence electrons. The maximum atomic E-state index is 10.9. The summed E-state index contributed by atoms with van der Waals surface area (Å²) >= 11 is 7.14. The molecule has 0 aliphatic rings. The van der Waals surface area contributed by atoms with Crippen LogP contribution < -0.4 is 0 Å². The zero-order valence-electron chi connectivity index (χ0n) is 7.77. The van der Waals surface area contributed by atoms with E-state index >= 15 is 0 Å². The Bertz CT molecular complexity index is 518. The van der Waals surface area contributed by atoms with Crippen molar-refractivity contribution in [3.63, 3.8) is 0 Å². The fraction of sp³-hybridized carbons (Fsp3) is 0.111. The largest absolute Gasteiger partial charge is 0.476 e. The van der Waals surface area contributed by atoms with E-state index < -0.39 is 5.97 Å². The van der Waals surface area contributed by atoms with E-state index in [4.69, 9.17) is 16.7 Å². The lowest BCUT2D eigenvalue weighted by Gasteiger charge is -1.99. The molecule has 0 saturated carbocycles. The van der Waals surface area contributed by atoms with Crippen LogP contribution in [0.1, 0.15) is 10.5 Å². The Morgan fingerprint density at radius 1 is 1.60 bits per heavy atom. The Morgan fingerprint density at radius 2 is 2.33 bits per heavy atom. The number of rotatable bonds is 2. The Kier molecular flexibility index (Phi) is 2.50. The fourth-order valence-corrected chi connectivity index (χ4v) is 2.45. The number of carbonyl (C=O) groups is 1. The van der Waals surface area contributed by atoms with Crippen molar-refractivity contribution in [1.29, 1.82) is 0 Å². The van der Waals surface area contributed by atoms with Crippen molar-refractivity contribution in [1.82, 2.24) is 9.55 Å². The number of imidazole rings is 1. The van der Waals surface area contributed by atoms with Crippen LogP contribution in [0.25, 0.3) is 10.6 Å². The molecule has 0 bridgehead atoms. The first kappa shape index (κ1) is 10.2. The highest BCUT2D eigenvalue weighted by Crippen LogP contribution is 2.32. The van der Waals surface area contributed by atoms with Gasteiger partial charge in [-0.2, -0.15) is 0 Å². The lowest BCUT2D eigenvalue weighted by Crippen LogP contribution is -2.00. The maximum absolute atomic E-state index is 10.9. The SMILES string of the molecule is Cn1cnc(C(=O)O)c1-c1ccc(Cl)s1. The van der Waals surface area contributed by atoms with Gasteiger partial charge in [0.15, 0.2) is 5.69 Å². The number of aromatic carboxylic acids is 1. The molecule has 2 aromatic rings. The Balaban J connectivity index is 2.60. The predicted molar refractivity (Wildman–Crippen MR) is 58.5 cm³/mol. The lowest BCUT2D eigenvalue weighted by atomic mass is 10.3. The summed E-state index contributed by atoms with van der Waals surface area (Å²) in [6, 6.07) is 3.52. The van der Waals surface area contributed by atoms with E-state index in [1.165, 1.54) is 17.7 Å². The smallest absolute Gasteiger partial charge is 0.356 e.